The highest BCUT2D eigenvalue weighted by atomic mass is 16.5. The predicted molar refractivity (Wildman–Crippen MR) is 137 cm³/mol. The number of fused-ring (bicyclic) bond motifs is 5. The molecule has 8 heteroatoms. The van der Waals surface area contributed by atoms with E-state index >= 15 is 0 Å². The molecule has 3 aliphatic rings. The molecule has 5 N–H and O–H groups in total. The summed E-state index contributed by atoms with van der Waals surface area (Å²) in [6.07, 6.45) is 6.37. The standard InChI is InChI=1S/C28H36BNO6/c1-28-12-11-22-21-9-7-20(29(34)35)14-18(21)6-8-23(22)27(28)19(16-36-28)3-2-4-26(33)30-15-17-5-10-24(31)25(32)13-17/h5,7,9-10,13-14,19,22-23,27,31-32,34-35H,2-4,6,8,11-12,15-16H2,1H3,(H,30,33)/t19-,22?,23?,27?,28-/m0/s1. The molecule has 5 rings (SSSR count). The Kier molecular flexibility index (Phi) is 7.03. The fourth-order valence-electron chi connectivity index (χ4n) is 7.15. The number of aromatic hydroxyl groups is 2. The minimum absolute atomic E-state index is 0.0146. The van der Waals surface area contributed by atoms with E-state index < -0.39 is 7.12 Å². The van der Waals surface area contributed by atoms with E-state index in [9.17, 15) is 25.1 Å². The van der Waals surface area contributed by atoms with E-state index in [1.165, 1.54) is 23.3 Å². The zero-order valence-corrected chi connectivity index (χ0v) is 20.8. The Labute approximate surface area is 212 Å². The van der Waals surface area contributed by atoms with Crippen molar-refractivity contribution in [3.05, 3.63) is 53.1 Å². The Bertz CT molecular complexity index is 1120. The van der Waals surface area contributed by atoms with E-state index in [1.807, 2.05) is 12.1 Å². The highest BCUT2D eigenvalue weighted by Crippen LogP contribution is 2.58. The molecule has 5 atom stereocenters. The number of carbonyl (C=O) groups is 1. The zero-order valence-electron chi connectivity index (χ0n) is 20.8. The maximum Gasteiger partial charge on any atom is 0.488 e. The van der Waals surface area contributed by atoms with Crippen LogP contribution in [0.25, 0.3) is 0 Å². The molecule has 0 aromatic heterocycles. The Morgan fingerprint density at radius 1 is 1.14 bits per heavy atom. The number of aryl methyl sites for hydroxylation is 1. The van der Waals surface area contributed by atoms with Crippen molar-refractivity contribution in [2.45, 2.75) is 69.9 Å². The van der Waals surface area contributed by atoms with Gasteiger partial charge in [0.25, 0.3) is 0 Å². The first kappa shape index (κ1) is 25.1. The third kappa shape index (κ3) is 4.86. The van der Waals surface area contributed by atoms with Crippen molar-refractivity contribution in [1.29, 1.82) is 0 Å². The lowest BCUT2D eigenvalue weighted by Crippen LogP contribution is -2.47. The quantitative estimate of drug-likeness (QED) is 0.299. The van der Waals surface area contributed by atoms with Crippen LogP contribution < -0.4 is 10.8 Å². The van der Waals surface area contributed by atoms with E-state index in [0.717, 1.165) is 50.7 Å². The monoisotopic (exact) mass is 493 g/mol. The lowest BCUT2D eigenvalue weighted by atomic mass is 9.56. The first-order chi connectivity index (χ1) is 17.2. The van der Waals surface area contributed by atoms with Crippen LogP contribution in [0.5, 0.6) is 11.5 Å². The third-order valence-corrected chi connectivity index (χ3v) is 8.89. The van der Waals surface area contributed by atoms with Crippen LogP contribution >= 0.6 is 0 Å². The maximum atomic E-state index is 12.4. The average Bonchev–Trinajstić information content (AvgIpc) is 3.20. The summed E-state index contributed by atoms with van der Waals surface area (Å²) in [7, 11) is -1.43. The Morgan fingerprint density at radius 2 is 1.97 bits per heavy atom. The number of amides is 1. The first-order valence-electron chi connectivity index (χ1n) is 13.2. The first-order valence-corrected chi connectivity index (χ1v) is 13.2. The van der Waals surface area contributed by atoms with Crippen LogP contribution in [0.2, 0.25) is 0 Å². The van der Waals surface area contributed by atoms with Gasteiger partial charge in [-0.15, -0.1) is 0 Å². The fraction of sp³-hybridized carbons (Fsp3) is 0.536. The van der Waals surface area contributed by atoms with Gasteiger partial charge in [0.1, 0.15) is 0 Å². The summed E-state index contributed by atoms with van der Waals surface area (Å²) in [6.45, 7) is 3.34. The number of carbonyl (C=O) groups excluding carboxylic acids is 1. The second-order valence-corrected chi connectivity index (χ2v) is 11.1. The summed E-state index contributed by atoms with van der Waals surface area (Å²) in [6, 6.07) is 10.5. The van der Waals surface area contributed by atoms with Crippen molar-refractivity contribution in [3.63, 3.8) is 0 Å². The van der Waals surface area contributed by atoms with Crippen molar-refractivity contribution in [2.24, 2.45) is 17.8 Å². The molecule has 3 unspecified atom stereocenters. The average molecular weight is 493 g/mol. The van der Waals surface area contributed by atoms with Gasteiger partial charge in [0, 0.05) is 13.0 Å². The van der Waals surface area contributed by atoms with Crippen molar-refractivity contribution in [1.82, 2.24) is 5.32 Å². The predicted octanol–water partition coefficient (Wildman–Crippen LogP) is 2.73. The summed E-state index contributed by atoms with van der Waals surface area (Å²) in [5.74, 6) is 1.56. The summed E-state index contributed by atoms with van der Waals surface area (Å²) >= 11 is 0. The van der Waals surface area contributed by atoms with Gasteiger partial charge in [0.05, 0.1) is 12.2 Å². The molecule has 2 aromatic rings. The molecular weight excluding hydrogens is 457 g/mol. The van der Waals surface area contributed by atoms with Gasteiger partial charge in [-0.3, -0.25) is 4.79 Å². The number of phenols is 2. The number of phenolic OH excluding ortho intramolecular Hbond substituents is 2. The molecule has 0 radical (unpaired) electrons. The molecule has 36 heavy (non-hydrogen) atoms. The SMILES string of the molecule is C[C@]12CCC3c4ccc(B(O)O)cc4CCC3C1[C@@H](CCCC(=O)NCc1ccc(O)c(O)c1)CO2. The van der Waals surface area contributed by atoms with E-state index in [1.54, 1.807) is 6.07 Å². The van der Waals surface area contributed by atoms with Gasteiger partial charge >= 0.3 is 7.12 Å². The molecule has 1 aliphatic heterocycles. The minimum atomic E-state index is -1.43. The topological polar surface area (TPSA) is 119 Å². The minimum Gasteiger partial charge on any atom is -0.504 e. The van der Waals surface area contributed by atoms with Crippen LogP contribution in [0.1, 0.15) is 68.1 Å². The smallest absolute Gasteiger partial charge is 0.488 e. The maximum absolute atomic E-state index is 12.4. The highest BCUT2D eigenvalue weighted by Gasteiger charge is 2.55. The third-order valence-electron chi connectivity index (χ3n) is 8.89. The molecule has 0 bridgehead atoms. The zero-order chi connectivity index (χ0) is 25.4. The van der Waals surface area contributed by atoms with E-state index in [-0.39, 0.29) is 23.0 Å². The number of hydrogen-bond donors (Lipinski definition) is 5. The van der Waals surface area contributed by atoms with Crippen molar-refractivity contribution in [2.75, 3.05) is 6.61 Å². The van der Waals surface area contributed by atoms with Crippen LogP contribution in [0, 0.1) is 17.8 Å². The van der Waals surface area contributed by atoms with Crippen LogP contribution in [-0.4, -0.2) is 45.5 Å². The van der Waals surface area contributed by atoms with Gasteiger partial charge in [-0.05, 0) is 103 Å². The lowest BCUT2D eigenvalue weighted by molar-refractivity contribution is -0.121. The van der Waals surface area contributed by atoms with Crippen LogP contribution in [0.15, 0.2) is 36.4 Å². The van der Waals surface area contributed by atoms with Gasteiger partial charge in [-0.2, -0.15) is 0 Å². The van der Waals surface area contributed by atoms with Crippen molar-refractivity contribution in [3.8, 4) is 11.5 Å². The molecule has 0 spiro atoms. The molecule has 1 amide bonds. The summed E-state index contributed by atoms with van der Waals surface area (Å²) in [5, 5.41) is 41.1. The second kappa shape index (κ2) is 10.1. The van der Waals surface area contributed by atoms with E-state index in [0.29, 0.717) is 42.1 Å². The molecule has 192 valence electrons. The number of ether oxygens (including phenoxy) is 1. The van der Waals surface area contributed by atoms with Crippen LogP contribution in [0.4, 0.5) is 0 Å². The molecule has 2 fully saturated rings. The molecule has 2 aromatic carbocycles. The van der Waals surface area contributed by atoms with Gasteiger partial charge in [0.15, 0.2) is 11.5 Å². The van der Waals surface area contributed by atoms with Crippen molar-refractivity contribution >= 4 is 18.5 Å². The highest BCUT2D eigenvalue weighted by molar-refractivity contribution is 6.58. The molecular formula is C28H36BNO6. The molecule has 1 saturated carbocycles. The fourth-order valence-corrected chi connectivity index (χ4v) is 7.15. The van der Waals surface area contributed by atoms with Gasteiger partial charge in [0.2, 0.25) is 5.91 Å². The van der Waals surface area contributed by atoms with Crippen molar-refractivity contribution < 1.29 is 29.8 Å². The van der Waals surface area contributed by atoms with Gasteiger partial charge in [-0.1, -0.05) is 24.3 Å². The number of benzene rings is 2. The number of rotatable bonds is 7. The van der Waals surface area contributed by atoms with E-state index in [4.69, 9.17) is 4.74 Å². The van der Waals surface area contributed by atoms with E-state index in [2.05, 4.69) is 18.3 Å². The number of hydrogen-bond acceptors (Lipinski definition) is 6. The van der Waals surface area contributed by atoms with Gasteiger partial charge < -0.3 is 30.3 Å². The Hall–Kier alpha value is -2.55. The molecule has 7 nitrogen and oxygen atoms in total. The Morgan fingerprint density at radius 3 is 2.75 bits per heavy atom. The summed E-state index contributed by atoms with van der Waals surface area (Å²) in [5.41, 5.74) is 3.82. The molecule has 1 saturated heterocycles. The molecule has 2 aliphatic carbocycles. The lowest BCUT2D eigenvalue weighted by Gasteiger charge is -2.49. The largest absolute Gasteiger partial charge is 0.504 e. The van der Waals surface area contributed by atoms with Crippen LogP contribution in [-0.2, 0) is 22.5 Å². The Balaban J connectivity index is 1.19. The summed E-state index contributed by atoms with van der Waals surface area (Å²) < 4.78 is 6.42. The van der Waals surface area contributed by atoms with Crippen LogP contribution in [0.3, 0.4) is 0 Å². The second-order valence-electron chi connectivity index (χ2n) is 11.1. The molecule has 1 heterocycles. The normalized spacial score (nSPS) is 28.6. The number of nitrogens with one attached hydrogen (secondary N) is 1. The van der Waals surface area contributed by atoms with Gasteiger partial charge in [-0.25, -0.2) is 0 Å². The summed E-state index contributed by atoms with van der Waals surface area (Å²) in [4.78, 5) is 12.4.